The Bertz CT molecular complexity index is 388. The molecule has 1 fully saturated rings. The zero-order chi connectivity index (χ0) is 12.2. The molecule has 0 spiro atoms. The number of hydrogen-bond acceptors (Lipinski definition) is 3. The number of fused-ring (bicyclic) bond motifs is 1. The largest absolute Gasteiger partial charge is 0.492 e. The van der Waals surface area contributed by atoms with Crippen LogP contribution in [0.25, 0.3) is 0 Å². The van der Waals surface area contributed by atoms with Crippen LogP contribution in [0.1, 0.15) is 18.4 Å². The van der Waals surface area contributed by atoms with Gasteiger partial charge in [-0.25, -0.2) is 0 Å². The van der Waals surface area contributed by atoms with E-state index in [1.165, 1.54) is 31.5 Å². The standard InChI is InChI=1S/C15H22N2O/c1-2-4-15-13(3-1)9-14(11-18-15)17-10-12-5-7-16-8-6-12/h1-4,12,14,16-17H,5-11H2. The Morgan fingerprint density at radius 1 is 1.22 bits per heavy atom. The summed E-state index contributed by atoms with van der Waals surface area (Å²) in [6.45, 7) is 4.30. The second kappa shape index (κ2) is 5.72. The summed E-state index contributed by atoms with van der Waals surface area (Å²) in [7, 11) is 0. The van der Waals surface area contributed by atoms with E-state index in [0.717, 1.165) is 31.2 Å². The van der Waals surface area contributed by atoms with Crippen molar-refractivity contribution < 1.29 is 4.74 Å². The number of ether oxygens (including phenoxy) is 1. The van der Waals surface area contributed by atoms with Crippen molar-refractivity contribution in [3.63, 3.8) is 0 Å². The molecule has 0 aromatic heterocycles. The Hall–Kier alpha value is -1.06. The van der Waals surface area contributed by atoms with Crippen LogP contribution in [0.2, 0.25) is 0 Å². The van der Waals surface area contributed by atoms with Crippen LogP contribution in [-0.4, -0.2) is 32.3 Å². The summed E-state index contributed by atoms with van der Waals surface area (Å²) in [4.78, 5) is 0. The van der Waals surface area contributed by atoms with E-state index < -0.39 is 0 Å². The minimum Gasteiger partial charge on any atom is -0.492 e. The molecule has 3 nitrogen and oxygen atoms in total. The fourth-order valence-corrected chi connectivity index (χ4v) is 2.88. The van der Waals surface area contributed by atoms with Gasteiger partial charge < -0.3 is 15.4 Å². The minimum atomic E-state index is 0.481. The summed E-state index contributed by atoms with van der Waals surface area (Å²) in [5.74, 6) is 1.90. The molecular formula is C15H22N2O. The molecule has 1 unspecified atom stereocenters. The van der Waals surface area contributed by atoms with Gasteiger partial charge in [0.1, 0.15) is 12.4 Å². The Kier molecular flexibility index (Phi) is 3.81. The van der Waals surface area contributed by atoms with Crippen molar-refractivity contribution in [3.05, 3.63) is 29.8 Å². The molecule has 0 saturated carbocycles. The van der Waals surface area contributed by atoms with Gasteiger partial charge in [-0.05, 0) is 56.4 Å². The lowest BCUT2D eigenvalue weighted by Crippen LogP contribution is -2.43. The first-order valence-electron chi connectivity index (χ1n) is 7.06. The van der Waals surface area contributed by atoms with Gasteiger partial charge in [0.25, 0.3) is 0 Å². The molecule has 2 N–H and O–H groups in total. The highest BCUT2D eigenvalue weighted by Gasteiger charge is 2.20. The van der Waals surface area contributed by atoms with E-state index in [-0.39, 0.29) is 0 Å². The van der Waals surface area contributed by atoms with Gasteiger partial charge in [0.15, 0.2) is 0 Å². The molecule has 18 heavy (non-hydrogen) atoms. The Labute approximate surface area is 109 Å². The summed E-state index contributed by atoms with van der Waals surface area (Å²) in [6, 6.07) is 8.86. The fraction of sp³-hybridized carbons (Fsp3) is 0.600. The average Bonchev–Trinajstić information content (AvgIpc) is 2.46. The van der Waals surface area contributed by atoms with E-state index in [9.17, 15) is 0 Å². The number of benzene rings is 1. The van der Waals surface area contributed by atoms with E-state index >= 15 is 0 Å². The molecule has 3 heteroatoms. The average molecular weight is 246 g/mol. The van der Waals surface area contributed by atoms with Crippen molar-refractivity contribution in [3.8, 4) is 5.75 Å². The quantitative estimate of drug-likeness (QED) is 0.849. The molecule has 1 saturated heterocycles. The van der Waals surface area contributed by atoms with Crippen LogP contribution >= 0.6 is 0 Å². The summed E-state index contributed by atoms with van der Waals surface area (Å²) in [5, 5.41) is 7.09. The molecule has 1 aromatic carbocycles. The molecule has 1 atom stereocenters. The molecule has 2 aliphatic rings. The van der Waals surface area contributed by atoms with Crippen molar-refractivity contribution in [1.29, 1.82) is 0 Å². The van der Waals surface area contributed by atoms with Crippen molar-refractivity contribution in [2.45, 2.75) is 25.3 Å². The lowest BCUT2D eigenvalue weighted by atomic mass is 9.97. The first-order valence-corrected chi connectivity index (χ1v) is 7.06. The lowest BCUT2D eigenvalue weighted by molar-refractivity contribution is 0.227. The number of piperidine rings is 1. The van der Waals surface area contributed by atoms with Crippen LogP contribution in [0, 0.1) is 5.92 Å². The van der Waals surface area contributed by atoms with Gasteiger partial charge in [-0.15, -0.1) is 0 Å². The van der Waals surface area contributed by atoms with Crippen LogP contribution in [0.5, 0.6) is 5.75 Å². The van der Waals surface area contributed by atoms with Crippen molar-refractivity contribution in [1.82, 2.24) is 10.6 Å². The first kappa shape index (κ1) is 12.0. The molecule has 1 aromatic rings. The number of hydrogen-bond donors (Lipinski definition) is 2. The highest BCUT2D eigenvalue weighted by atomic mass is 16.5. The third-order valence-electron chi connectivity index (χ3n) is 4.03. The van der Waals surface area contributed by atoms with Gasteiger partial charge in [0.05, 0.1) is 0 Å². The molecule has 0 amide bonds. The first-order chi connectivity index (χ1) is 8.92. The molecular weight excluding hydrogens is 224 g/mol. The summed E-state index contributed by atoms with van der Waals surface area (Å²) < 4.78 is 5.80. The van der Waals surface area contributed by atoms with Gasteiger partial charge in [-0.2, -0.15) is 0 Å². The zero-order valence-electron chi connectivity index (χ0n) is 10.8. The number of nitrogens with one attached hydrogen (secondary N) is 2. The summed E-state index contributed by atoms with van der Waals surface area (Å²) in [5.41, 5.74) is 1.34. The van der Waals surface area contributed by atoms with E-state index in [1.807, 2.05) is 6.07 Å². The maximum atomic E-state index is 5.80. The molecule has 3 rings (SSSR count). The van der Waals surface area contributed by atoms with Gasteiger partial charge >= 0.3 is 0 Å². The Morgan fingerprint density at radius 3 is 2.94 bits per heavy atom. The topological polar surface area (TPSA) is 33.3 Å². The maximum absolute atomic E-state index is 5.80. The second-order valence-corrected chi connectivity index (χ2v) is 5.42. The van der Waals surface area contributed by atoms with Crippen LogP contribution in [0.15, 0.2) is 24.3 Å². The number of para-hydroxylation sites is 1. The third kappa shape index (κ3) is 2.85. The summed E-state index contributed by atoms with van der Waals surface area (Å²) in [6.07, 6.45) is 3.70. The van der Waals surface area contributed by atoms with Crippen LogP contribution < -0.4 is 15.4 Å². The minimum absolute atomic E-state index is 0.481. The van der Waals surface area contributed by atoms with Gasteiger partial charge in [0.2, 0.25) is 0 Å². The SMILES string of the molecule is c1ccc2c(c1)CC(NCC1CCNCC1)CO2. The predicted octanol–water partition coefficient (Wildman–Crippen LogP) is 1.58. The van der Waals surface area contributed by atoms with E-state index in [1.54, 1.807) is 0 Å². The van der Waals surface area contributed by atoms with Gasteiger partial charge in [-0.1, -0.05) is 18.2 Å². The van der Waals surface area contributed by atoms with E-state index in [4.69, 9.17) is 4.74 Å². The predicted molar refractivity (Wildman–Crippen MR) is 73.0 cm³/mol. The van der Waals surface area contributed by atoms with Crippen molar-refractivity contribution in [2.24, 2.45) is 5.92 Å². The van der Waals surface area contributed by atoms with Crippen LogP contribution in [0.4, 0.5) is 0 Å². The maximum Gasteiger partial charge on any atom is 0.122 e. The van der Waals surface area contributed by atoms with Crippen LogP contribution in [0.3, 0.4) is 0 Å². The zero-order valence-corrected chi connectivity index (χ0v) is 10.8. The van der Waals surface area contributed by atoms with Crippen molar-refractivity contribution >= 4 is 0 Å². The Morgan fingerprint density at radius 2 is 2.06 bits per heavy atom. The highest BCUT2D eigenvalue weighted by Crippen LogP contribution is 2.24. The molecule has 2 aliphatic heterocycles. The van der Waals surface area contributed by atoms with Gasteiger partial charge in [-0.3, -0.25) is 0 Å². The van der Waals surface area contributed by atoms with Gasteiger partial charge in [0, 0.05) is 6.04 Å². The van der Waals surface area contributed by atoms with Crippen molar-refractivity contribution in [2.75, 3.05) is 26.2 Å². The normalized spacial score (nSPS) is 24.3. The summed E-state index contributed by atoms with van der Waals surface area (Å²) >= 11 is 0. The third-order valence-corrected chi connectivity index (χ3v) is 4.03. The molecule has 0 bridgehead atoms. The molecule has 2 heterocycles. The fourth-order valence-electron chi connectivity index (χ4n) is 2.88. The molecule has 98 valence electrons. The lowest BCUT2D eigenvalue weighted by Gasteiger charge is -2.29. The second-order valence-electron chi connectivity index (χ2n) is 5.42. The smallest absolute Gasteiger partial charge is 0.122 e. The number of rotatable bonds is 3. The van der Waals surface area contributed by atoms with E-state index in [0.29, 0.717) is 6.04 Å². The van der Waals surface area contributed by atoms with E-state index in [2.05, 4.69) is 28.8 Å². The molecule has 0 radical (unpaired) electrons. The van der Waals surface area contributed by atoms with Crippen LogP contribution in [-0.2, 0) is 6.42 Å². The monoisotopic (exact) mass is 246 g/mol. The molecule has 0 aliphatic carbocycles. The highest BCUT2D eigenvalue weighted by molar-refractivity contribution is 5.35. The Balaban J connectivity index is 1.50.